The molecular weight excluding hydrogens is 249 g/mol. The fraction of sp³-hybridized carbons (Fsp3) is 0.308. The monoisotopic (exact) mass is 265 g/mol. The number of benzene rings is 1. The van der Waals surface area contributed by atoms with Gasteiger partial charge in [-0.05, 0) is 25.3 Å². The highest BCUT2D eigenvalue weighted by Gasteiger charge is 2.30. The lowest BCUT2D eigenvalue weighted by Crippen LogP contribution is -2.15. The Morgan fingerprint density at radius 2 is 1.78 bits per heavy atom. The number of hydrogen-bond donors (Lipinski definition) is 0. The molecule has 1 aromatic carbocycles. The van der Waals surface area contributed by atoms with Crippen LogP contribution in [0, 0.1) is 0 Å². The van der Waals surface area contributed by atoms with E-state index in [0.717, 1.165) is 10.8 Å². The molecule has 0 aliphatic rings. The third kappa shape index (κ3) is 2.46. The molecule has 0 bridgehead atoms. The van der Waals surface area contributed by atoms with Gasteiger partial charge in [-0.1, -0.05) is 24.3 Å². The Morgan fingerprint density at radius 3 is 2.44 bits per heavy atom. The average Bonchev–Trinajstić information content (AvgIpc) is 2.38. The Labute approximate surface area is 106 Å². The zero-order valence-electron chi connectivity index (χ0n) is 10.5. The van der Waals surface area contributed by atoms with Gasteiger partial charge in [0.15, 0.2) is 5.44 Å². The lowest BCUT2D eigenvalue weighted by Gasteiger charge is -2.17. The fourth-order valence-electron chi connectivity index (χ4n) is 1.82. The Morgan fingerprint density at radius 1 is 1.11 bits per heavy atom. The molecule has 0 atom stereocenters. The molecule has 0 saturated heterocycles. The van der Waals surface area contributed by atoms with E-state index in [4.69, 9.17) is 9.05 Å². The summed E-state index contributed by atoms with van der Waals surface area (Å²) in [6, 6.07) is 9.51. The number of hydrogen-bond acceptors (Lipinski definition) is 4. The molecule has 1 aromatic heterocycles. The summed E-state index contributed by atoms with van der Waals surface area (Å²) < 4.78 is 23.4. The minimum atomic E-state index is -3.33. The van der Waals surface area contributed by atoms with Crippen LogP contribution in [0.2, 0.25) is 0 Å². The van der Waals surface area contributed by atoms with Crippen molar-refractivity contribution in [3.05, 3.63) is 36.5 Å². The van der Waals surface area contributed by atoms with Gasteiger partial charge in [-0.25, -0.2) is 4.98 Å². The molecule has 96 valence electrons. The van der Waals surface area contributed by atoms with Crippen molar-refractivity contribution in [2.75, 3.05) is 13.2 Å². The number of aromatic nitrogens is 1. The molecule has 0 aliphatic heterocycles. The number of pyridine rings is 1. The molecule has 2 aromatic rings. The van der Waals surface area contributed by atoms with Crippen LogP contribution >= 0.6 is 7.60 Å². The normalized spacial score (nSPS) is 11.9. The molecular formula is C13H16NO3P. The predicted octanol–water partition coefficient (Wildman–Crippen LogP) is 3.13. The highest BCUT2D eigenvalue weighted by molar-refractivity contribution is 7.62. The lowest BCUT2D eigenvalue weighted by molar-refractivity contribution is 0.229. The summed E-state index contributed by atoms with van der Waals surface area (Å²) in [5.41, 5.74) is 0.393. The van der Waals surface area contributed by atoms with Crippen LogP contribution in [-0.4, -0.2) is 18.2 Å². The highest BCUT2D eigenvalue weighted by Crippen LogP contribution is 2.47. The summed E-state index contributed by atoms with van der Waals surface area (Å²) in [7, 11) is -3.33. The molecule has 4 nitrogen and oxygen atoms in total. The third-order valence-corrected chi connectivity index (χ3v) is 4.58. The molecule has 0 N–H and O–H groups in total. The van der Waals surface area contributed by atoms with Gasteiger partial charge in [0.25, 0.3) is 0 Å². The zero-order chi connectivity index (χ0) is 13.0. The molecule has 0 amide bonds. The van der Waals surface area contributed by atoms with Gasteiger partial charge in [-0.2, -0.15) is 0 Å². The largest absolute Gasteiger partial charge is 0.380 e. The first-order valence-electron chi connectivity index (χ1n) is 5.94. The van der Waals surface area contributed by atoms with Crippen LogP contribution in [0.25, 0.3) is 10.8 Å². The number of fused-ring (bicyclic) bond motifs is 1. The average molecular weight is 265 g/mol. The molecule has 5 heteroatoms. The first-order valence-corrected chi connectivity index (χ1v) is 7.49. The van der Waals surface area contributed by atoms with Crippen molar-refractivity contribution in [2.45, 2.75) is 13.8 Å². The zero-order valence-corrected chi connectivity index (χ0v) is 11.4. The van der Waals surface area contributed by atoms with E-state index in [1.807, 2.05) is 30.3 Å². The van der Waals surface area contributed by atoms with Crippen LogP contribution in [-0.2, 0) is 13.6 Å². The molecule has 0 saturated carbocycles. The highest BCUT2D eigenvalue weighted by atomic mass is 31.2. The molecule has 2 rings (SSSR count). The van der Waals surface area contributed by atoms with Crippen LogP contribution in [0.1, 0.15) is 13.8 Å². The van der Waals surface area contributed by atoms with E-state index < -0.39 is 7.60 Å². The molecule has 0 unspecified atom stereocenters. The summed E-state index contributed by atoms with van der Waals surface area (Å²) in [5, 5.41) is 1.78. The smallest absolute Gasteiger partial charge is 0.304 e. The van der Waals surface area contributed by atoms with E-state index in [1.165, 1.54) is 0 Å². The lowest BCUT2D eigenvalue weighted by atomic mass is 10.2. The van der Waals surface area contributed by atoms with Crippen molar-refractivity contribution in [2.24, 2.45) is 0 Å². The van der Waals surface area contributed by atoms with E-state index in [0.29, 0.717) is 18.6 Å². The topological polar surface area (TPSA) is 48.4 Å². The van der Waals surface area contributed by atoms with Gasteiger partial charge in [-0.3, -0.25) is 4.57 Å². The van der Waals surface area contributed by atoms with Crippen LogP contribution in [0.4, 0.5) is 0 Å². The van der Waals surface area contributed by atoms with E-state index in [-0.39, 0.29) is 0 Å². The van der Waals surface area contributed by atoms with Crippen LogP contribution in [0.5, 0.6) is 0 Å². The Kier molecular flexibility index (Phi) is 4.12. The Hall–Kier alpha value is -1.22. The van der Waals surface area contributed by atoms with Crippen molar-refractivity contribution < 1.29 is 13.6 Å². The maximum atomic E-state index is 12.7. The minimum absolute atomic E-state index is 0.322. The van der Waals surface area contributed by atoms with Gasteiger partial charge in [0.2, 0.25) is 0 Å². The summed E-state index contributed by atoms with van der Waals surface area (Å²) >= 11 is 0. The number of nitrogens with zero attached hydrogens (tertiary/aromatic N) is 1. The van der Waals surface area contributed by atoms with Gasteiger partial charge >= 0.3 is 7.60 Å². The molecule has 0 radical (unpaired) electrons. The van der Waals surface area contributed by atoms with Gasteiger partial charge in [0.1, 0.15) is 0 Å². The van der Waals surface area contributed by atoms with Crippen molar-refractivity contribution in [1.82, 2.24) is 4.98 Å². The quantitative estimate of drug-likeness (QED) is 0.779. The Balaban J connectivity index is 2.61. The van der Waals surface area contributed by atoms with Crippen molar-refractivity contribution in [3.63, 3.8) is 0 Å². The van der Waals surface area contributed by atoms with Crippen molar-refractivity contribution in [3.8, 4) is 0 Å². The van der Waals surface area contributed by atoms with Crippen molar-refractivity contribution in [1.29, 1.82) is 0 Å². The number of rotatable bonds is 5. The summed E-state index contributed by atoms with van der Waals surface area (Å²) in [6.07, 6.45) is 1.63. The predicted molar refractivity (Wildman–Crippen MR) is 72.2 cm³/mol. The second-order valence-corrected chi connectivity index (χ2v) is 5.62. The molecule has 1 heterocycles. The molecule has 0 aliphatic carbocycles. The summed E-state index contributed by atoms with van der Waals surface area (Å²) in [4.78, 5) is 4.20. The van der Waals surface area contributed by atoms with Gasteiger partial charge < -0.3 is 9.05 Å². The second-order valence-electron chi connectivity index (χ2n) is 3.69. The molecule has 0 fully saturated rings. The summed E-state index contributed by atoms with van der Waals surface area (Å²) in [5.74, 6) is 0. The van der Waals surface area contributed by atoms with Gasteiger partial charge in [0, 0.05) is 11.6 Å². The van der Waals surface area contributed by atoms with E-state index in [1.54, 1.807) is 20.0 Å². The van der Waals surface area contributed by atoms with Crippen LogP contribution in [0.3, 0.4) is 0 Å². The van der Waals surface area contributed by atoms with E-state index in [2.05, 4.69) is 4.98 Å². The molecule has 0 spiro atoms. The SMILES string of the molecule is CCOP(=O)(OCC)c1nccc2ccccc12. The fourth-order valence-corrected chi connectivity index (χ4v) is 3.53. The first-order chi connectivity index (χ1) is 8.71. The van der Waals surface area contributed by atoms with Gasteiger partial charge in [-0.15, -0.1) is 0 Å². The maximum absolute atomic E-state index is 12.7. The Bertz CT molecular complexity index is 570. The standard InChI is InChI=1S/C13H16NO3P/c1-3-16-18(15,17-4-2)13-12-8-6-5-7-11(12)9-10-14-13/h5-10H,3-4H2,1-2H3. The van der Waals surface area contributed by atoms with Crippen LogP contribution in [0.15, 0.2) is 36.5 Å². The second kappa shape index (κ2) is 5.61. The first kappa shape index (κ1) is 13.2. The van der Waals surface area contributed by atoms with Gasteiger partial charge in [0.05, 0.1) is 13.2 Å². The van der Waals surface area contributed by atoms with E-state index in [9.17, 15) is 4.57 Å². The third-order valence-electron chi connectivity index (χ3n) is 2.51. The maximum Gasteiger partial charge on any atom is 0.380 e. The van der Waals surface area contributed by atoms with Crippen molar-refractivity contribution >= 4 is 23.8 Å². The van der Waals surface area contributed by atoms with E-state index >= 15 is 0 Å². The minimum Gasteiger partial charge on any atom is -0.304 e. The molecule has 18 heavy (non-hydrogen) atoms. The summed E-state index contributed by atoms with van der Waals surface area (Å²) in [6.45, 7) is 4.22. The van der Waals surface area contributed by atoms with Crippen LogP contribution < -0.4 is 5.44 Å².